The van der Waals surface area contributed by atoms with Gasteiger partial charge in [-0.25, -0.2) is 0 Å². The fourth-order valence-electron chi connectivity index (χ4n) is 6.69. The van der Waals surface area contributed by atoms with Crippen LogP contribution in [0.5, 0.6) is 0 Å². The molecule has 6 aromatic rings. The summed E-state index contributed by atoms with van der Waals surface area (Å²) in [6, 6.07) is 48.9. The predicted molar refractivity (Wildman–Crippen MR) is 157 cm³/mol. The third kappa shape index (κ3) is 2.68. The van der Waals surface area contributed by atoms with E-state index in [0.717, 1.165) is 4.47 Å². The summed E-state index contributed by atoms with van der Waals surface area (Å²) < 4.78 is 1.14. The van der Waals surface area contributed by atoms with Crippen LogP contribution in [0.1, 0.15) is 22.3 Å². The van der Waals surface area contributed by atoms with Crippen molar-refractivity contribution >= 4 is 43.8 Å². The quantitative estimate of drug-likeness (QED) is 0.202. The standard InChI is InChI=1S/C35H22BrN/c36-31-18-10-17-29-34(31)26-21-23-11-4-5-12-24(23)22-30(26)35(29)27-15-6-8-19-32(27)37(25-13-2-1-3-14-25)33-20-9-7-16-28(33)35/h1-22H. The highest BCUT2D eigenvalue weighted by Crippen LogP contribution is 2.64. The predicted octanol–water partition coefficient (Wildman–Crippen LogP) is 9.75. The van der Waals surface area contributed by atoms with Crippen molar-refractivity contribution in [3.8, 4) is 11.1 Å². The van der Waals surface area contributed by atoms with Crippen molar-refractivity contribution in [2.45, 2.75) is 5.41 Å². The normalized spacial score (nSPS) is 14.2. The van der Waals surface area contributed by atoms with Crippen LogP contribution in [0.15, 0.2) is 138 Å². The molecule has 1 spiro atoms. The first kappa shape index (κ1) is 21.0. The van der Waals surface area contributed by atoms with Gasteiger partial charge in [0.1, 0.15) is 0 Å². The summed E-state index contributed by atoms with van der Waals surface area (Å²) in [5.74, 6) is 0. The largest absolute Gasteiger partial charge is 0.310 e. The number of nitrogens with zero attached hydrogens (tertiary/aromatic N) is 1. The van der Waals surface area contributed by atoms with Crippen LogP contribution in [0.3, 0.4) is 0 Å². The van der Waals surface area contributed by atoms with E-state index >= 15 is 0 Å². The Labute approximate surface area is 224 Å². The number of fused-ring (bicyclic) bond motifs is 10. The van der Waals surface area contributed by atoms with E-state index < -0.39 is 5.41 Å². The summed E-state index contributed by atoms with van der Waals surface area (Å²) in [4.78, 5) is 2.42. The molecule has 0 aromatic heterocycles. The maximum Gasteiger partial charge on any atom is 0.0754 e. The average Bonchev–Trinajstić information content (AvgIpc) is 3.23. The molecule has 1 nitrogen and oxygen atoms in total. The molecule has 2 aliphatic rings. The Morgan fingerprint density at radius 3 is 1.76 bits per heavy atom. The molecule has 6 aromatic carbocycles. The van der Waals surface area contributed by atoms with E-state index in [0.29, 0.717) is 0 Å². The maximum atomic E-state index is 3.95. The van der Waals surface area contributed by atoms with Gasteiger partial charge < -0.3 is 4.90 Å². The van der Waals surface area contributed by atoms with Crippen LogP contribution in [-0.2, 0) is 5.41 Å². The van der Waals surface area contributed by atoms with Gasteiger partial charge in [-0.1, -0.05) is 107 Å². The molecule has 0 atom stereocenters. The molecule has 0 unspecified atom stereocenters. The Hall–Kier alpha value is -4.14. The van der Waals surface area contributed by atoms with E-state index in [2.05, 4.69) is 154 Å². The fourth-order valence-corrected chi connectivity index (χ4v) is 7.27. The lowest BCUT2D eigenvalue weighted by Gasteiger charge is -2.45. The summed E-state index contributed by atoms with van der Waals surface area (Å²) in [6.45, 7) is 0. The van der Waals surface area contributed by atoms with Crippen LogP contribution in [0, 0.1) is 0 Å². The second-order valence-electron chi connectivity index (χ2n) is 9.86. The summed E-state index contributed by atoms with van der Waals surface area (Å²) in [6.07, 6.45) is 0. The Morgan fingerprint density at radius 1 is 0.486 bits per heavy atom. The molecule has 0 N–H and O–H groups in total. The highest BCUT2D eigenvalue weighted by atomic mass is 79.9. The van der Waals surface area contributed by atoms with Crippen LogP contribution in [0.25, 0.3) is 21.9 Å². The van der Waals surface area contributed by atoms with Crippen molar-refractivity contribution in [1.29, 1.82) is 0 Å². The molecule has 2 heteroatoms. The fraction of sp³-hybridized carbons (Fsp3) is 0.0286. The van der Waals surface area contributed by atoms with E-state index in [1.165, 1.54) is 61.2 Å². The van der Waals surface area contributed by atoms with Crippen LogP contribution < -0.4 is 4.90 Å². The number of hydrogen-bond acceptors (Lipinski definition) is 1. The van der Waals surface area contributed by atoms with Gasteiger partial charge in [0, 0.05) is 15.7 Å². The molecule has 1 aliphatic heterocycles. The highest BCUT2D eigenvalue weighted by Gasteiger charge is 2.52. The molecule has 0 saturated heterocycles. The van der Waals surface area contributed by atoms with Gasteiger partial charge in [0.2, 0.25) is 0 Å². The zero-order valence-electron chi connectivity index (χ0n) is 20.0. The molecule has 0 saturated carbocycles. The summed E-state index contributed by atoms with van der Waals surface area (Å²) >= 11 is 3.95. The van der Waals surface area contributed by atoms with Crippen molar-refractivity contribution in [2.24, 2.45) is 0 Å². The lowest BCUT2D eigenvalue weighted by Crippen LogP contribution is -2.36. The molecule has 0 amide bonds. The smallest absolute Gasteiger partial charge is 0.0754 e. The minimum Gasteiger partial charge on any atom is -0.310 e. The third-order valence-corrected chi connectivity index (χ3v) is 8.75. The van der Waals surface area contributed by atoms with Gasteiger partial charge in [-0.3, -0.25) is 0 Å². The molecule has 174 valence electrons. The molecule has 1 heterocycles. The summed E-state index contributed by atoms with van der Waals surface area (Å²) in [5.41, 5.74) is 11.1. The molecule has 1 aliphatic carbocycles. The van der Waals surface area contributed by atoms with Crippen LogP contribution in [-0.4, -0.2) is 0 Å². The minimum atomic E-state index is -0.420. The van der Waals surface area contributed by atoms with Crippen molar-refractivity contribution < 1.29 is 0 Å². The Balaban J connectivity index is 1.58. The SMILES string of the molecule is Brc1cccc2c1-c1cc3ccccc3cc1C21c2ccccc2N(c2ccccc2)c2ccccc21. The van der Waals surface area contributed by atoms with Crippen molar-refractivity contribution in [1.82, 2.24) is 0 Å². The molecule has 37 heavy (non-hydrogen) atoms. The van der Waals surface area contributed by atoms with Gasteiger partial charge in [0.25, 0.3) is 0 Å². The maximum absolute atomic E-state index is 3.95. The zero-order chi connectivity index (χ0) is 24.6. The second kappa shape index (κ2) is 7.68. The number of rotatable bonds is 1. The van der Waals surface area contributed by atoms with Crippen LogP contribution in [0.4, 0.5) is 17.1 Å². The number of benzene rings is 6. The van der Waals surface area contributed by atoms with E-state index in [-0.39, 0.29) is 0 Å². The molecule has 8 rings (SSSR count). The third-order valence-electron chi connectivity index (χ3n) is 8.09. The second-order valence-corrected chi connectivity index (χ2v) is 10.7. The number of para-hydroxylation sites is 3. The molecule has 0 bridgehead atoms. The molecular weight excluding hydrogens is 514 g/mol. The van der Waals surface area contributed by atoms with Crippen LogP contribution >= 0.6 is 15.9 Å². The lowest BCUT2D eigenvalue weighted by atomic mass is 9.64. The number of hydrogen-bond donors (Lipinski definition) is 0. The van der Waals surface area contributed by atoms with E-state index in [4.69, 9.17) is 0 Å². The van der Waals surface area contributed by atoms with E-state index in [9.17, 15) is 0 Å². The van der Waals surface area contributed by atoms with Crippen molar-refractivity contribution in [2.75, 3.05) is 4.90 Å². The van der Waals surface area contributed by atoms with Gasteiger partial charge in [-0.2, -0.15) is 0 Å². The van der Waals surface area contributed by atoms with Crippen LogP contribution in [0.2, 0.25) is 0 Å². The Bertz CT molecular complexity index is 1810. The van der Waals surface area contributed by atoms with Gasteiger partial charge in [-0.15, -0.1) is 0 Å². The first-order valence-corrected chi connectivity index (χ1v) is 13.4. The number of anilines is 3. The van der Waals surface area contributed by atoms with E-state index in [1.807, 2.05) is 0 Å². The van der Waals surface area contributed by atoms with E-state index in [1.54, 1.807) is 0 Å². The molecule has 0 fully saturated rings. The first-order chi connectivity index (χ1) is 18.3. The van der Waals surface area contributed by atoms with Crippen molar-refractivity contribution in [3.63, 3.8) is 0 Å². The Kier molecular flexibility index (Phi) is 4.36. The highest BCUT2D eigenvalue weighted by molar-refractivity contribution is 9.10. The lowest BCUT2D eigenvalue weighted by molar-refractivity contribution is 0.753. The number of halogens is 1. The topological polar surface area (TPSA) is 3.24 Å². The molecule has 0 radical (unpaired) electrons. The van der Waals surface area contributed by atoms with Crippen molar-refractivity contribution in [3.05, 3.63) is 160 Å². The molecular formula is C35H22BrN. The van der Waals surface area contributed by atoms with Gasteiger partial charge >= 0.3 is 0 Å². The Morgan fingerprint density at radius 2 is 1.05 bits per heavy atom. The monoisotopic (exact) mass is 535 g/mol. The summed E-state index contributed by atoms with van der Waals surface area (Å²) in [7, 11) is 0. The van der Waals surface area contributed by atoms with Gasteiger partial charge in [0.15, 0.2) is 0 Å². The summed E-state index contributed by atoms with van der Waals surface area (Å²) in [5, 5.41) is 2.54. The van der Waals surface area contributed by atoms with Gasteiger partial charge in [-0.05, 0) is 81.1 Å². The minimum absolute atomic E-state index is 0.420. The average molecular weight is 536 g/mol. The zero-order valence-corrected chi connectivity index (χ0v) is 21.6. The van der Waals surface area contributed by atoms with Gasteiger partial charge in [0.05, 0.1) is 16.8 Å². The first-order valence-electron chi connectivity index (χ1n) is 12.7.